The number of aromatic nitrogens is 3. The lowest BCUT2D eigenvalue weighted by molar-refractivity contribution is 0.282. The highest BCUT2D eigenvalue weighted by Crippen LogP contribution is 2.17. The Morgan fingerprint density at radius 1 is 1.16 bits per heavy atom. The molecule has 0 aliphatic heterocycles. The predicted octanol–water partition coefficient (Wildman–Crippen LogP) is 2.08. The van der Waals surface area contributed by atoms with Gasteiger partial charge in [-0.3, -0.25) is 4.68 Å². The monoisotopic (exact) mass is 260 g/mol. The molecule has 2 aromatic rings. The van der Waals surface area contributed by atoms with Crippen LogP contribution < -0.4 is 5.73 Å². The molecule has 0 radical (unpaired) electrons. The molecule has 2 rings (SSSR count). The van der Waals surface area contributed by atoms with Gasteiger partial charge < -0.3 is 10.8 Å². The number of rotatable bonds is 7. The van der Waals surface area contributed by atoms with Crippen molar-refractivity contribution in [2.75, 3.05) is 12.3 Å². The van der Waals surface area contributed by atoms with Gasteiger partial charge >= 0.3 is 0 Å². The van der Waals surface area contributed by atoms with Crippen molar-refractivity contribution in [3.63, 3.8) is 0 Å². The Labute approximate surface area is 113 Å². The number of nitrogens with zero attached hydrogens (tertiary/aromatic N) is 3. The third-order valence-corrected chi connectivity index (χ3v) is 2.98. The van der Waals surface area contributed by atoms with Gasteiger partial charge in [-0.2, -0.15) is 5.10 Å². The Bertz CT molecular complexity index is 510. The lowest BCUT2D eigenvalue weighted by atomic mass is 10.2. The largest absolute Gasteiger partial charge is 0.399 e. The average molecular weight is 260 g/mol. The van der Waals surface area contributed by atoms with Gasteiger partial charge in [-0.05, 0) is 25.0 Å². The number of anilines is 1. The molecule has 0 aliphatic rings. The van der Waals surface area contributed by atoms with Crippen LogP contribution in [-0.2, 0) is 6.54 Å². The summed E-state index contributed by atoms with van der Waals surface area (Å²) in [7, 11) is 0. The summed E-state index contributed by atoms with van der Waals surface area (Å²) in [6.45, 7) is 1.14. The van der Waals surface area contributed by atoms with Crippen LogP contribution in [0, 0.1) is 0 Å². The topological polar surface area (TPSA) is 77.0 Å². The molecule has 0 saturated heterocycles. The van der Waals surface area contributed by atoms with Gasteiger partial charge in [0.25, 0.3) is 0 Å². The molecule has 5 nitrogen and oxygen atoms in total. The molecule has 0 aliphatic carbocycles. The number of nitrogen functional groups attached to an aromatic ring is 1. The minimum absolute atomic E-state index is 0.281. The van der Waals surface area contributed by atoms with Crippen molar-refractivity contribution >= 4 is 5.69 Å². The standard InChI is InChI=1S/C14H20N4O/c15-13-7-5-6-12(10-13)14-16-11-18(17-14)8-3-1-2-4-9-19/h5-7,10-11,19H,1-4,8-9,15H2. The van der Waals surface area contributed by atoms with E-state index < -0.39 is 0 Å². The SMILES string of the molecule is Nc1cccc(-c2ncn(CCCCCCO)n2)c1. The average Bonchev–Trinajstić information content (AvgIpc) is 2.87. The fourth-order valence-electron chi connectivity index (χ4n) is 1.95. The summed E-state index contributed by atoms with van der Waals surface area (Å²) >= 11 is 0. The van der Waals surface area contributed by atoms with Crippen molar-refractivity contribution < 1.29 is 5.11 Å². The number of hydrogen-bond donors (Lipinski definition) is 2. The molecule has 0 fully saturated rings. The maximum Gasteiger partial charge on any atom is 0.181 e. The van der Waals surface area contributed by atoms with Crippen LogP contribution in [0.4, 0.5) is 5.69 Å². The second kappa shape index (κ2) is 6.89. The van der Waals surface area contributed by atoms with E-state index in [1.54, 1.807) is 6.33 Å². The molecule has 3 N–H and O–H groups in total. The van der Waals surface area contributed by atoms with Crippen molar-refractivity contribution in [1.82, 2.24) is 14.8 Å². The van der Waals surface area contributed by atoms with E-state index in [9.17, 15) is 0 Å². The van der Waals surface area contributed by atoms with Crippen LogP contribution >= 0.6 is 0 Å². The Morgan fingerprint density at radius 2 is 2.00 bits per heavy atom. The van der Waals surface area contributed by atoms with E-state index in [4.69, 9.17) is 10.8 Å². The van der Waals surface area contributed by atoms with Crippen molar-refractivity contribution in [2.24, 2.45) is 0 Å². The van der Waals surface area contributed by atoms with Crippen molar-refractivity contribution in [1.29, 1.82) is 0 Å². The predicted molar refractivity (Wildman–Crippen MR) is 75.4 cm³/mol. The van der Waals surface area contributed by atoms with Crippen LogP contribution in [0.25, 0.3) is 11.4 Å². The number of benzene rings is 1. The van der Waals surface area contributed by atoms with Gasteiger partial charge in [-0.1, -0.05) is 25.0 Å². The zero-order chi connectivity index (χ0) is 13.5. The number of nitrogens with two attached hydrogens (primary N) is 1. The first-order valence-corrected chi connectivity index (χ1v) is 6.66. The fraction of sp³-hybridized carbons (Fsp3) is 0.429. The fourth-order valence-corrected chi connectivity index (χ4v) is 1.95. The molecule has 0 unspecified atom stereocenters. The number of unbranched alkanes of at least 4 members (excludes halogenated alkanes) is 3. The Kier molecular flexibility index (Phi) is 4.92. The van der Waals surface area contributed by atoms with E-state index in [1.165, 1.54) is 0 Å². The Balaban J connectivity index is 1.88. The van der Waals surface area contributed by atoms with Crippen LogP contribution in [0.3, 0.4) is 0 Å². The van der Waals surface area contributed by atoms with E-state index in [1.807, 2.05) is 28.9 Å². The first-order chi connectivity index (χ1) is 9.29. The summed E-state index contributed by atoms with van der Waals surface area (Å²) in [6.07, 6.45) is 5.86. The van der Waals surface area contributed by atoms with Crippen LogP contribution in [0.1, 0.15) is 25.7 Å². The second-order valence-electron chi connectivity index (χ2n) is 4.59. The molecular formula is C14H20N4O. The number of aliphatic hydroxyl groups is 1. The molecule has 5 heteroatoms. The van der Waals surface area contributed by atoms with E-state index in [0.717, 1.165) is 43.5 Å². The molecule has 102 valence electrons. The zero-order valence-corrected chi connectivity index (χ0v) is 11.0. The molecule has 1 heterocycles. The molecule has 1 aromatic heterocycles. The lowest BCUT2D eigenvalue weighted by Gasteiger charge is -2.00. The molecular weight excluding hydrogens is 240 g/mol. The Hall–Kier alpha value is -1.88. The number of aliphatic hydroxyl groups excluding tert-OH is 1. The molecule has 1 aromatic carbocycles. The van der Waals surface area contributed by atoms with E-state index in [0.29, 0.717) is 5.82 Å². The summed E-state index contributed by atoms with van der Waals surface area (Å²) in [5, 5.41) is 13.1. The highest BCUT2D eigenvalue weighted by molar-refractivity contribution is 5.60. The third kappa shape index (κ3) is 4.06. The molecule has 19 heavy (non-hydrogen) atoms. The van der Waals surface area contributed by atoms with Gasteiger partial charge in [0.15, 0.2) is 5.82 Å². The maximum atomic E-state index is 8.70. The first-order valence-electron chi connectivity index (χ1n) is 6.66. The van der Waals surface area contributed by atoms with Crippen molar-refractivity contribution in [3.05, 3.63) is 30.6 Å². The molecule has 0 atom stereocenters. The summed E-state index contributed by atoms with van der Waals surface area (Å²) in [5.74, 6) is 0.711. The van der Waals surface area contributed by atoms with Crippen molar-refractivity contribution in [3.8, 4) is 11.4 Å². The van der Waals surface area contributed by atoms with E-state index in [2.05, 4.69) is 10.1 Å². The third-order valence-electron chi connectivity index (χ3n) is 2.98. The second-order valence-corrected chi connectivity index (χ2v) is 4.59. The van der Waals surface area contributed by atoms with Crippen LogP contribution in [0.2, 0.25) is 0 Å². The van der Waals surface area contributed by atoms with Gasteiger partial charge in [-0.15, -0.1) is 0 Å². The lowest BCUT2D eigenvalue weighted by Crippen LogP contribution is -1.99. The maximum absolute atomic E-state index is 8.70. The van der Waals surface area contributed by atoms with Gasteiger partial charge in [0.05, 0.1) is 0 Å². The van der Waals surface area contributed by atoms with Gasteiger partial charge in [0, 0.05) is 24.4 Å². The van der Waals surface area contributed by atoms with Crippen LogP contribution in [0.5, 0.6) is 0 Å². The number of aryl methyl sites for hydroxylation is 1. The smallest absolute Gasteiger partial charge is 0.181 e. The van der Waals surface area contributed by atoms with Gasteiger partial charge in [0.1, 0.15) is 6.33 Å². The van der Waals surface area contributed by atoms with Gasteiger partial charge in [-0.25, -0.2) is 4.98 Å². The summed E-state index contributed by atoms with van der Waals surface area (Å²) < 4.78 is 1.86. The quantitative estimate of drug-likeness (QED) is 0.590. The van der Waals surface area contributed by atoms with Crippen molar-refractivity contribution in [2.45, 2.75) is 32.2 Å². The normalized spacial score (nSPS) is 10.8. The summed E-state index contributed by atoms with van der Waals surface area (Å²) in [5.41, 5.74) is 7.41. The minimum atomic E-state index is 0.281. The molecule has 0 amide bonds. The molecule has 0 spiro atoms. The number of hydrogen-bond acceptors (Lipinski definition) is 4. The molecule has 0 bridgehead atoms. The Morgan fingerprint density at radius 3 is 2.79 bits per heavy atom. The summed E-state index contributed by atoms with van der Waals surface area (Å²) in [6, 6.07) is 7.58. The zero-order valence-electron chi connectivity index (χ0n) is 11.0. The molecule has 0 saturated carbocycles. The van der Waals surface area contributed by atoms with Crippen LogP contribution in [-0.4, -0.2) is 26.5 Å². The van der Waals surface area contributed by atoms with E-state index in [-0.39, 0.29) is 6.61 Å². The van der Waals surface area contributed by atoms with Crippen LogP contribution in [0.15, 0.2) is 30.6 Å². The minimum Gasteiger partial charge on any atom is -0.399 e. The first kappa shape index (κ1) is 13.5. The van der Waals surface area contributed by atoms with E-state index >= 15 is 0 Å². The highest BCUT2D eigenvalue weighted by Gasteiger charge is 2.04. The van der Waals surface area contributed by atoms with Gasteiger partial charge in [0.2, 0.25) is 0 Å². The highest BCUT2D eigenvalue weighted by atomic mass is 16.2. The summed E-state index contributed by atoms with van der Waals surface area (Å²) in [4.78, 5) is 4.30.